The molecule has 1 aromatic heterocycles. The van der Waals surface area contributed by atoms with Crippen LogP contribution in [0.4, 0.5) is 15.7 Å². The summed E-state index contributed by atoms with van der Waals surface area (Å²) in [6, 6.07) is 1.25. The molecule has 0 saturated heterocycles. The lowest BCUT2D eigenvalue weighted by Gasteiger charge is -1.80. The maximum Gasteiger partial charge on any atom is 0.328 e. The average molecular weight is 159 g/mol. The fraction of sp³-hybridized carbons (Fsp3) is 0. The Hall–Kier alpha value is -1.30. The Balaban J connectivity index is 3.10. The van der Waals surface area contributed by atoms with Gasteiger partial charge in [0, 0.05) is 0 Å². The molecule has 4 N–H and O–H groups in total. The molecule has 5 nitrogen and oxygen atoms in total. The van der Waals surface area contributed by atoms with Crippen molar-refractivity contribution >= 4 is 27.0 Å². The molecule has 1 aromatic rings. The van der Waals surface area contributed by atoms with Crippen molar-refractivity contribution in [2.45, 2.75) is 0 Å². The first kappa shape index (κ1) is 6.81. The molecule has 10 heavy (non-hydrogen) atoms. The highest BCUT2D eigenvalue weighted by Crippen LogP contribution is 2.32. The van der Waals surface area contributed by atoms with Gasteiger partial charge in [-0.1, -0.05) is 0 Å². The van der Waals surface area contributed by atoms with Crippen LogP contribution in [0.1, 0.15) is 0 Å². The van der Waals surface area contributed by atoms with E-state index in [4.69, 9.17) is 11.5 Å². The van der Waals surface area contributed by atoms with E-state index in [1.54, 1.807) is 0 Å². The zero-order chi connectivity index (χ0) is 7.72. The summed E-state index contributed by atoms with van der Waals surface area (Å²) in [5.41, 5.74) is 10.8. The standard InChI is InChI=1S/C4H5N3O2S/c5-2-1-3(7(8)9)10-4(2)6/h1H,5-6H2. The van der Waals surface area contributed by atoms with Crippen molar-refractivity contribution in [2.75, 3.05) is 11.5 Å². The van der Waals surface area contributed by atoms with E-state index >= 15 is 0 Å². The largest absolute Gasteiger partial charge is 0.396 e. The molecule has 0 radical (unpaired) electrons. The monoisotopic (exact) mass is 159 g/mol. The van der Waals surface area contributed by atoms with Crippen molar-refractivity contribution in [3.63, 3.8) is 0 Å². The van der Waals surface area contributed by atoms with Gasteiger partial charge >= 0.3 is 5.00 Å². The summed E-state index contributed by atoms with van der Waals surface area (Å²) in [6.45, 7) is 0. The molecular weight excluding hydrogens is 154 g/mol. The van der Waals surface area contributed by atoms with E-state index in [1.165, 1.54) is 6.07 Å². The van der Waals surface area contributed by atoms with Crippen LogP contribution in [0.2, 0.25) is 0 Å². The topological polar surface area (TPSA) is 95.2 Å². The fourth-order valence-corrected chi connectivity index (χ4v) is 1.16. The molecule has 0 amide bonds. The molecule has 0 aliphatic rings. The highest BCUT2D eigenvalue weighted by molar-refractivity contribution is 7.19. The van der Waals surface area contributed by atoms with Gasteiger partial charge in [0.25, 0.3) is 0 Å². The molecule has 0 aliphatic carbocycles. The van der Waals surface area contributed by atoms with Crippen molar-refractivity contribution in [3.05, 3.63) is 16.2 Å². The van der Waals surface area contributed by atoms with Crippen LogP contribution in [-0.2, 0) is 0 Å². The molecule has 6 heteroatoms. The van der Waals surface area contributed by atoms with E-state index < -0.39 is 4.92 Å². The van der Waals surface area contributed by atoms with Crippen LogP contribution < -0.4 is 11.5 Å². The van der Waals surface area contributed by atoms with Gasteiger partial charge in [-0.15, -0.1) is 0 Å². The minimum atomic E-state index is -0.516. The molecule has 0 fully saturated rings. The Labute approximate surface area is 60.4 Å². The van der Waals surface area contributed by atoms with Gasteiger partial charge in [0.15, 0.2) is 0 Å². The lowest BCUT2D eigenvalue weighted by atomic mass is 10.5. The second-order valence-electron chi connectivity index (χ2n) is 1.66. The summed E-state index contributed by atoms with van der Waals surface area (Å²) >= 11 is 0.876. The number of nitrogen functional groups attached to an aromatic ring is 2. The van der Waals surface area contributed by atoms with Gasteiger partial charge in [-0.2, -0.15) is 0 Å². The van der Waals surface area contributed by atoms with Gasteiger partial charge in [-0.25, -0.2) is 0 Å². The Morgan fingerprint density at radius 3 is 2.40 bits per heavy atom. The predicted molar refractivity (Wildman–Crippen MR) is 39.8 cm³/mol. The molecule has 0 aliphatic heterocycles. The van der Waals surface area contributed by atoms with E-state index in [1.807, 2.05) is 0 Å². The second kappa shape index (κ2) is 2.14. The molecule has 0 bridgehead atoms. The number of nitro groups is 1. The first-order chi connectivity index (χ1) is 4.61. The Morgan fingerprint density at radius 1 is 1.60 bits per heavy atom. The van der Waals surface area contributed by atoms with Crippen LogP contribution in [0.15, 0.2) is 6.07 Å². The van der Waals surface area contributed by atoms with Gasteiger partial charge in [0.1, 0.15) is 5.00 Å². The number of anilines is 2. The highest BCUT2D eigenvalue weighted by Gasteiger charge is 2.11. The third-order valence-corrected chi connectivity index (χ3v) is 1.89. The minimum Gasteiger partial charge on any atom is -0.396 e. The van der Waals surface area contributed by atoms with Gasteiger partial charge in [-0.3, -0.25) is 10.1 Å². The molecule has 0 unspecified atom stereocenters. The SMILES string of the molecule is Nc1cc([N+](=O)[O-])sc1N. The third kappa shape index (κ3) is 1.01. The van der Waals surface area contributed by atoms with Crippen LogP contribution in [0, 0.1) is 10.1 Å². The van der Waals surface area contributed by atoms with Gasteiger partial charge in [0.05, 0.1) is 16.7 Å². The zero-order valence-corrected chi connectivity index (χ0v) is 5.72. The molecule has 0 saturated carbocycles. The predicted octanol–water partition coefficient (Wildman–Crippen LogP) is 0.821. The Morgan fingerprint density at radius 2 is 2.20 bits per heavy atom. The van der Waals surface area contributed by atoms with Crippen molar-refractivity contribution in [3.8, 4) is 0 Å². The van der Waals surface area contributed by atoms with Gasteiger partial charge in [-0.05, 0) is 11.3 Å². The van der Waals surface area contributed by atoms with Crippen molar-refractivity contribution < 1.29 is 4.92 Å². The molecule has 54 valence electrons. The second-order valence-corrected chi connectivity index (χ2v) is 2.72. The number of thiophene rings is 1. The number of nitrogens with zero attached hydrogens (tertiary/aromatic N) is 1. The van der Waals surface area contributed by atoms with Crippen LogP contribution in [-0.4, -0.2) is 4.92 Å². The van der Waals surface area contributed by atoms with E-state index in [0.717, 1.165) is 11.3 Å². The summed E-state index contributed by atoms with van der Waals surface area (Å²) in [4.78, 5) is 9.55. The van der Waals surface area contributed by atoms with Gasteiger partial charge in [0.2, 0.25) is 0 Å². The van der Waals surface area contributed by atoms with Crippen molar-refractivity contribution in [1.82, 2.24) is 0 Å². The normalized spacial score (nSPS) is 9.60. The fourth-order valence-electron chi connectivity index (χ4n) is 0.495. The Bertz CT molecular complexity index is 250. The lowest BCUT2D eigenvalue weighted by Crippen LogP contribution is -1.86. The summed E-state index contributed by atoms with van der Waals surface area (Å²) in [5.74, 6) is 0. The minimum absolute atomic E-state index is 0.0185. The van der Waals surface area contributed by atoms with E-state index in [0.29, 0.717) is 5.00 Å². The van der Waals surface area contributed by atoms with Gasteiger partial charge < -0.3 is 11.5 Å². The van der Waals surface area contributed by atoms with Crippen LogP contribution >= 0.6 is 11.3 Å². The van der Waals surface area contributed by atoms with Crippen LogP contribution in [0.3, 0.4) is 0 Å². The maximum atomic E-state index is 10.1. The lowest BCUT2D eigenvalue weighted by molar-refractivity contribution is -0.380. The first-order valence-electron chi connectivity index (χ1n) is 2.40. The molecule has 0 aromatic carbocycles. The molecule has 0 spiro atoms. The summed E-state index contributed by atoms with van der Waals surface area (Å²) in [7, 11) is 0. The Kier molecular flexibility index (Phi) is 1.46. The van der Waals surface area contributed by atoms with Crippen LogP contribution in [0.25, 0.3) is 0 Å². The average Bonchev–Trinajstić information content (AvgIpc) is 2.13. The van der Waals surface area contributed by atoms with E-state index in [9.17, 15) is 10.1 Å². The number of hydrogen-bond acceptors (Lipinski definition) is 5. The zero-order valence-electron chi connectivity index (χ0n) is 4.90. The maximum absolute atomic E-state index is 10.1. The summed E-state index contributed by atoms with van der Waals surface area (Å²) in [5, 5.41) is 10.4. The molecule has 1 rings (SSSR count). The number of rotatable bonds is 1. The molecule has 0 atom stereocenters. The summed E-state index contributed by atoms with van der Waals surface area (Å²) in [6.07, 6.45) is 0. The van der Waals surface area contributed by atoms with Crippen molar-refractivity contribution in [2.24, 2.45) is 0 Å². The molecule has 1 heterocycles. The first-order valence-corrected chi connectivity index (χ1v) is 3.22. The van der Waals surface area contributed by atoms with Crippen LogP contribution in [0.5, 0.6) is 0 Å². The summed E-state index contributed by atoms with van der Waals surface area (Å²) < 4.78 is 0. The third-order valence-electron chi connectivity index (χ3n) is 0.958. The van der Waals surface area contributed by atoms with E-state index in [2.05, 4.69) is 0 Å². The highest BCUT2D eigenvalue weighted by atomic mass is 32.1. The smallest absolute Gasteiger partial charge is 0.328 e. The quantitative estimate of drug-likeness (QED) is 0.468. The number of nitrogens with two attached hydrogens (primary N) is 2. The van der Waals surface area contributed by atoms with Crippen molar-refractivity contribution in [1.29, 1.82) is 0 Å². The number of hydrogen-bond donors (Lipinski definition) is 2. The molecular formula is C4H5N3O2S. The van der Waals surface area contributed by atoms with E-state index in [-0.39, 0.29) is 10.7 Å².